The number of aromatic nitrogens is 1. The molecule has 1 aliphatic heterocycles. The fraction of sp³-hybridized carbons (Fsp3) is 0.400. The number of nitrogens with one attached hydrogen (secondary N) is 1. The molecule has 0 saturated carbocycles. The van der Waals surface area contributed by atoms with Gasteiger partial charge in [0, 0.05) is 29.9 Å². The molecule has 0 unspecified atom stereocenters. The van der Waals surface area contributed by atoms with E-state index in [-0.39, 0.29) is 11.9 Å². The lowest BCUT2D eigenvalue weighted by Gasteiger charge is -2.27. The second-order valence-electron chi connectivity index (χ2n) is 6.42. The molecule has 1 aliphatic rings. The van der Waals surface area contributed by atoms with Gasteiger partial charge in [0.05, 0.1) is 6.04 Å². The van der Waals surface area contributed by atoms with E-state index in [2.05, 4.69) is 30.2 Å². The van der Waals surface area contributed by atoms with Crippen LogP contribution in [0.3, 0.4) is 0 Å². The number of hydrogen-bond donors (Lipinski definition) is 1. The number of likely N-dealkylation sites (tertiary alicyclic amines) is 1. The Morgan fingerprint density at radius 1 is 1.29 bits per heavy atom. The summed E-state index contributed by atoms with van der Waals surface area (Å²) in [6, 6.07) is 14.1. The van der Waals surface area contributed by atoms with Crippen molar-refractivity contribution in [3.8, 4) is 0 Å². The number of carbonyl (C=O) groups excluding carboxylic acids is 1. The van der Waals surface area contributed by atoms with Crippen LogP contribution in [0.2, 0.25) is 0 Å². The fourth-order valence-electron chi connectivity index (χ4n) is 3.22. The minimum Gasteiger partial charge on any atom is -0.367 e. The molecule has 1 aromatic carbocycles. The highest BCUT2D eigenvalue weighted by Gasteiger charge is 2.32. The van der Waals surface area contributed by atoms with Gasteiger partial charge in [-0.25, -0.2) is 4.98 Å². The number of pyridine rings is 1. The highest BCUT2D eigenvalue weighted by Crippen LogP contribution is 2.36. The molecule has 0 radical (unpaired) electrons. The van der Waals surface area contributed by atoms with Gasteiger partial charge in [0.1, 0.15) is 5.82 Å². The van der Waals surface area contributed by atoms with Gasteiger partial charge in [-0.1, -0.05) is 31.2 Å². The van der Waals surface area contributed by atoms with E-state index < -0.39 is 0 Å². The summed E-state index contributed by atoms with van der Waals surface area (Å²) in [6.45, 7) is 5.11. The number of carbonyl (C=O) groups is 1. The van der Waals surface area contributed by atoms with Crippen molar-refractivity contribution in [3.63, 3.8) is 0 Å². The van der Waals surface area contributed by atoms with E-state index in [4.69, 9.17) is 0 Å². The Morgan fingerprint density at radius 2 is 2.08 bits per heavy atom. The number of benzene rings is 1. The van der Waals surface area contributed by atoms with Gasteiger partial charge in [0.2, 0.25) is 0 Å². The van der Waals surface area contributed by atoms with Crippen molar-refractivity contribution < 1.29 is 4.79 Å². The van der Waals surface area contributed by atoms with Crippen molar-refractivity contribution in [3.05, 3.63) is 59.8 Å². The molecule has 2 atom stereocenters. The molecule has 0 bridgehead atoms. The zero-order valence-corrected chi connectivity index (χ0v) is 14.4. The molecule has 1 amide bonds. The second-order valence-corrected chi connectivity index (χ2v) is 6.42. The lowest BCUT2D eigenvalue weighted by atomic mass is 10.0. The first-order chi connectivity index (χ1) is 11.7. The summed E-state index contributed by atoms with van der Waals surface area (Å²) in [5.74, 6) is 1.01. The molecule has 0 spiro atoms. The molecule has 2 aromatic rings. The first-order valence-corrected chi connectivity index (χ1v) is 8.78. The van der Waals surface area contributed by atoms with Gasteiger partial charge in [0.15, 0.2) is 0 Å². The number of rotatable bonds is 5. The van der Waals surface area contributed by atoms with Gasteiger partial charge in [-0.2, -0.15) is 0 Å². The summed E-state index contributed by atoms with van der Waals surface area (Å²) in [6.07, 6.45) is 4.86. The molecule has 4 heteroatoms. The normalized spacial score (nSPS) is 18.4. The van der Waals surface area contributed by atoms with Crippen LogP contribution in [0.5, 0.6) is 0 Å². The van der Waals surface area contributed by atoms with E-state index in [9.17, 15) is 4.79 Å². The summed E-state index contributed by atoms with van der Waals surface area (Å²) in [5, 5.41) is 3.49. The highest BCUT2D eigenvalue weighted by molar-refractivity contribution is 5.94. The van der Waals surface area contributed by atoms with Crippen LogP contribution in [-0.4, -0.2) is 28.4 Å². The van der Waals surface area contributed by atoms with Crippen LogP contribution in [0.1, 0.15) is 55.1 Å². The largest absolute Gasteiger partial charge is 0.367 e. The third-order valence-corrected chi connectivity index (χ3v) is 4.73. The Labute approximate surface area is 143 Å². The van der Waals surface area contributed by atoms with Gasteiger partial charge in [0.25, 0.3) is 5.91 Å². The monoisotopic (exact) mass is 323 g/mol. The molecule has 1 aromatic heterocycles. The van der Waals surface area contributed by atoms with E-state index >= 15 is 0 Å². The molecule has 24 heavy (non-hydrogen) atoms. The first-order valence-electron chi connectivity index (χ1n) is 8.78. The van der Waals surface area contributed by atoms with E-state index in [1.54, 1.807) is 0 Å². The van der Waals surface area contributed by atoms with Crippen molar-refractivity contribution >= 4 is 11.7 Å². The smallest absolute Gasteiger partial charge is 0.254 e. The molecule has 126 valence electrons. The average molecular weight is 323 g/mol. The Bertz CT molecular complexity index is 686. The van der Waals surface area contributed by atoms with Crippen LogP contribution in [0.25, 0.3) is 0 Å². The first kappa shape index (κ1) is 16.5. The predicted molar refractivity (Wildman–Crippen MR) is 97.1 cm³/mol. The molecule has 1 fully saturated rings. The van der Waals surface area contributed by atoms with Crippen molar-refractivity contribution in [2.45, 2.75) is 45.2 Å². The van der Waals surface area contributed by atoms with Gasteiger partial charge in [-0.15, -0.1) is 0 Å². The Hall–Kier alpha value is -2.36. The Morgan fingerprint density at radius 3 is 2.83 bits per heavy atom. The van der Waals surface area contributed by atoms with Crippen LogP contribution in [-0.2, 0) is 0 Å². The zero-order valence-electron chi connectivity index (χ0n) is 14.4. The highest BCUT2D eigenvalue weighted by atomic mass is 16.2. The van der Waals surface area contributed by atoms with Gasteiger partial charge >= 0.3 is 0 Å². The SMILES string of the molecule is CC[C@H](C)Nc1ncccc1[C@H]1CCCN1C(=O)c1ccccc1. The number of anilines is 1. The minimum atomic E-state index is 0.0953. The maximum atomic E-state index is 12.9. The van der Waals surface area contributed by atoms with E-state index in [1.165, 1.54) is 0 Å². The number of hydrogen-bond acceptors (Lipinski definition) is 3. The van der Waals surface area contributed by atoms with Crippen molar-refractivity contribution in [1.82, 2.24) is 9.88 Å². The Balaban J connectivity index is 1.87. The van der Waals surface area contributed by atoms with E-state index in [1.807, 2.05) is 47.5 Å². The lowest BCUT2D eigenvalue weighted by Crippen LogP contribution is -2.31. The molecule has 0 aliphatic carbocycles. The predicted octanol–water partition coefficient (Wildman–Crippen LogP) is 4.27. The van der Waals surface area contributed by atoms with Crippen molar-refractivity contribution in [2.24, 2.45) is 0 Å². The number of nitrogens with zero attached hydrogens (tertiary/aromatic N) is 2. The maximum Gasteiger partial charge on any atom is 0.254 e. The van der Waals surface area contributed by atoms with Crippen LogP contribution in [0.15, 0.2) is 48.7 Å². The van der Waals surface area contributed by atoms with Gasteiger partial charge < -0.3 is 10.2 Å². The van der Waals surface area contributed by atoms with Crippen LogP contribution >= 0.6 is 0 Å². The van der Waals surface area contributed by atoms with Crippen molar-refractivity contribution in [1.29, 1.82) is 0 Å². The summed E-state index contributed by atoms with van der Waals surface area (Å²) >= 11 is 0. The topological polar surface area (TPSA) is 45.2 Å². The molecule has 2 heterocycles. The summed E-state index contributed by atoms with van der Waals surface area (Å²) in [4.78, 5) is 19.4. The maximum absolute atomic E-state index is 12.9. The molecular formula is C20H25N3O. The van der Waals surface area contributed by atoms with Crippen LogP contribution in [0, 0.1) is 0 Å². The van der Waals surface area contributed by atoms with E-state index in [0.29, 0.717) is 6.04 Å². The molecule has 1 saturated heterocycles. The lowest BCUT2D eigenvalue weighted by molar-refractivity contribution is 0.0736. The third-order valence-electron chi connectivity index (χ3n) is 4.73. The second kappa shape index (κ2) is 7.47. The van der Waals surface area contributed by atoms with Crippen molar-refractivity contribution in [2.75, 3.05) is 11.9 Å². The molecule has 4 nitrogen and oxygen atoms in total. The zero-order chi connectivity index (χ0) is 16.9. The van der Waals surface area contributed by atoms with Gasteiger partial charge in [-0.3, -0.25) is 4.79 Å². The average Bonchev–Trinajstić information content (AvgIpc) is 3.11. The third kappa shape index (κ3) is 3.42. The minimum absolute atomic E-state index is 0.0953. The molecular weight excluding hydrogens is 298 g/mol. The number of amides is 1. The summed E-state index contributed by atoms with van der Waals surface area (Å²) < 4.78 is 0. The van der Waals surface area contributed by atoms with E-state index in [0.717, 1.165) is 42.8 Å². The quantitative estimate of drug-likeness (QED) is 0.894. The van der Waals surface area contributed by atoms with Gasteiger partial charge in [-0.05, 0) is 44.4 Å². The molecule has 3 rings (SSSR count). The van der Waals surface area contributed by atoms with Crippen LogP contribution < -0.4 is 5.32 Å². The summed E-state index contributed by atoms with van der Waals surface area (Å²) in [7, 11) is 0. The Kier molecular flexibility index (Phi) is 5.14. The van der Waals surface area contributed by atoms with Crippen LogP contribution in [0.4, 0.5) is 5.82 Å². The standard InChI is InChI=1S/C20H25N3O/c1-3-15(2)22-19-17(11-7-13-21-19)18-12-8-14-23(18)20(24)16-9-5-4-6-10-16/h4-7,9-11,13,15,18H,3,8,12,14H2,1-2H3,(H,21,22)/t15-,18+/m0/s1. The summed E-state index contributed by atoms with van der Waals surface area (Å²) in [5.41, 5.74) is 1.88. The molecule has 1 N–H and O–H groups in total. The fourth-order valence-corrected chi connectivity index (χ4v) is 3.22.